The normalized spacial score (nSPS) is 22.5. The minimum atomic E-state index is -2.90. The van der Waals surface area contributed by atoms with Gasteiger partial charge in [0.05, 0.1) is 22.9 Å². The molecule has 0 bridgehead atoms. The molecular weight excluding hydrogens is 338 g/mol. The van der Waals surface area contributed by atoms with E-state index >= 15 is 0 Å². The van der Waals surface area contributed by atoms with Crippen LogP contribution in [-0.2, 0) is 9.84 Å². The molecule has 1 unspecified atom stereocenters. The summed E-state index contributed by atoms with van der Waals surface area (Å²) in [7, 11) is -1.09. The van der Waals surface area contributed by atoms with E-state index in [2.05, 4.69) is 15.9 Å². The summed E-state index contributed by atoms with van der Waals surface area (Å²) in [5.41, 5.74) is 0. The molecule has 1 fully saturated rings. The zero-order chi connectivity index (χ0) is 13.3. The molecule has 1 aliphatic rings. The van der Waals surface area contributed by atoms with Crippen molar-refractivity contribution in [1.29, 1.82) is 0 Å². The van der Waals surface area contributed by atoms with Crippen LogP contribution >= 0.6 is 27.3 Å². The Labute approximate surface area is 119 Å². The Balaban J connectivity index is 1.98. The number of sulfone groups is 1. The Morgan fingerprint density at radius 3 is 2.83 bits per heavy atom. The summed E-state index contributed by atoms with van der Waals surface area (Å²) in [5, 5.41) is 1.86. The van der Waals surface area contributed by atoms with E-state index in [0.29, 0.717) is 11.3 Å². The van der Waals surface area contributed by atoms with Gasteiger partial charge in [-0.3, -0.25) is 9.69 Å². The van der Waals surface area contributed by atoms with Crippen LogP contribution < -0.4 is 0 Å². The van der Waals surface area contributed by atoms with Gasteiger partial charge in [0.1, 0.15) is 0 Å². The third kappa shape index (κ3) is 3.20. The van der Waals surface area contributed by atoms with E-state index in [9.17, 15) is 13.2 Å². The first-order valence-electron chi connectivity index (χ1n) is 5.56. The second-order valence-electron chi connectivity index (χ2n) is 4.49. The summed E-state index contributed by atoms with van der Waals surface area (Å²) in [4.78, 5) is 14.6. The quantitative estimate of drug-likeness (QED) is 0.776. The molecule has 1 aliphatic heterocycles. The lowest BCUT2D eigenvalue weighted by Crippen LogP contribution is -2.36. The first-order chi connectivity index (χ1) is 8.39. The van der Waals surface area contributed by atoms with Gasteiger partial charge in [-0.1, -0.05) is 0 Å². The number of carbonyl (C=O) groups is 1. The Morgan fingerprint density at radius 1 is 1.61 bits per heavy atom. The molecule has 100 valence electrons. The van der Waals surface area contributed by atoms with Crippen molar-refractivity contribution >= 4 is 42.9 Å². The maximum Gasteiger partial charge on any atom is 0.187 e. The van der Waals surface area contributed by atoms with Crippen molar-refractivity contribution in [2.45, 2.75) is 12.5 Å². The van der Waals surface area contributed by atoms with Crippen molar-refractivity contribution in [2.75, 3.05) is 25.1 Å². The van der Waals surface area contributed by atoms with E-state index in [0.717, 1.165) is 4.47 Å². The van der Waals surface area contributed by atoms with E-state index in [-0.39, 0.29) is 29.9 Å². The lowest BCUT2D eigenvalue weighted by atomic mass is 10.2. The standard InChI is InChI=1S/C11H14BrNO3S2/c1-13(8-3-5-18(15,16)7-8)6-10(14)11-9(12)2-4-17-11/h2,4,8H,3,5-7H2,1H3. The largest absolute Gasteiger partial charge is 0.295 e. The number of likely N-dealkylation sites (N-methyl/N-ethyl adjacent to an activating group) is 1. The van der Waals surface area contributed by atoms with Crippen LogP contribution in [0.4, 0.5) is 0 Å². The number of halogens is 1. The van der Waals surface area contributed by atoms with Gasteiger partial charge in [0.25, 0.3) is 0 Å². The maximum absolute atomic E-state index is 12.0. The van der Waals surface area contributed by atoms with Crippen LogP contribution in [0.1, 0.15) is 16.1 Å². The number of hydrogen-bond acceptors (Lipinski definition) is 5. The molecule has 0 aliphatic carbocycles. The predicted octanol–water partition coefficient (Wildman–Crippen LogP) is 1.81. The van der Waals surface area contributed by atoms with Crippen LogP contribution in [0.25, 0.3) is 0 Å². The van der Waals surface area contributed by atoms with Crippen LogP contribution in [0.2, 0.25) is 0 Å². The molecule has 1 aromatic rings. The fourth-order valence-corrected chi connectivity index (χ4v) is 5.37. The van der Waals surface area contributed by atoms with Crippen LogP contribution in [0.15, 0.2) is 15.9 Å². The molecule has 0 amide bonds. The van der Waals surface area contributed by atoms with E-state index in [1.54, 1.807) is 0 Å². The summed E-state index contributed by atoms with van der Waals surface area (Å²) >= 11 is 4.73. The van der Waals surface area contributed by atoms with Crippen LogP contribution in [0.5, 0.6) is 0 Å². The summed E-state index contributed by atoms with van der Waals surface area (Å²) in [6.45, 7) is 0.263. The van der Waals surface area contributed by atoms with Gasteiger partial charge in [-0.2, -0.15) is 0 Å². The smallest absolute Gasteiger partial charge is 0.187 e. The molecule has 2 heterocycles. The van der Waals surface area contributed by atoms with Gasteiger partial charge < -0.3 is 0 Å². The van der Waals surface area contributed by atoms with Gasteiger partial charge in [-0.25, -0.2) is 8.42 Å². The van der Waals surface area contributed by atoms with Crippen molar-refractivity contribution in [3.63, 3.8) is 0 Å². The molecule has 0 spiro atoms. The molecule has 1 aromatic heterocycles. The van der Waals surface area contributed by atoms with Crippen LogP contribution in [-0.4, -0.2) is 50.2 Å². The van der Waals surface area contributed by atoms with Gasteiger partial charge in [0, 0.05) is 10.5 Å². The van der Waals surface area contributed by atoms with Crippen LogP contribution in [0.3, 0.4) is 0 Å². The molecule has 0 radical (unpaired) electrons. The highest BCUT2D eigenvalue weighted by atomic mass is 79.9. The third-order valence-corrected chi connectivity index (χ3v) is 6.72. The molecule has 18 heavy (non-hydrogen) atoms. The molecule has 0 saturated carbocycles. The fraction of sp³-hybridized carbons (Fsp3) is 0.545. The number of nitrogens with zero attached hydrogens (tertiary/aromatic N) is 1. The molecule has 1 saturated heterocycles. The van der Waals surface area contributed by atoms with Crippen LogP contribution in [0, 0.1) is 0 Å². The van der Waals surface area contributed by atoms with Gasteiger partial charge in [0.15, 0.2) is 15.6 Å². The van der Waals surface area contributed by atoms with E-state index in [4.69, 9.17) is 0 Å². The Kier molecular flexibility index (Phi) is 4.25. The Bertz CT molecular complexity index is 552. The highest BCUT2D eigenvalue weighted by molar-refractivity contribution is 9.10. The molecule has 0 N–H and O–H groups in total. The lowest BCUT2D eigenvalue weighted by molar-refractivity contribution is 0.0930. The zero-order valence-corrected chi connectivity index (χ0v) is 13.1. The average Bonchev–Trinajstić information content (AvgIpc) is 2.84. The molecule has 7 heteroatoms. The van der Waals surface area contributed by atoms with Crippen molar-refractivity contribution in [3.05, 3.63) is 20.8 Å². The highest BCUT2D eigenvalue weighted by Crippen LogP contribution is 2.24. The topological polar surface area (TPSA) is 54.5 Å². The second-order valence-corrected chi connectivity index (χ2v) is 8.49. The van der Waals surface area contributed by atoms with Gasteiger partial charge in [-0.15, -0.1) is 11.3 Å². The summed E-state index contributed by atoms with van der Waals surface area (Å²) < 4.78 is 23.6. The van der Waals surface area contributed by atoms with Gasteiger partial charge >= 0.3 is 0 Å². The molecule has 4 nitrogen and oxygen atoms in total. The highest BCUT2D eigenvalue weighted by Gasteiger charge is 2.31. The predicted molar refractivity (Wildman–Crippen MR) is 76.0 cm³/mol. The van der Waals surface area contributed by atoms with E-state index in [1.165, 1.54) is 11.3 Å². The minimum Gasteiger partial charge on any atom is -0.295 e. The van der Waals surface area contributed by atoms with E-state index < -0.39 is 9.84 Å². The summed E-state index contributed by atoms with van der Waals surface area (Å²) in [6.07, 6.45) is 0.623. The number of hydrogen-bond donors (Lipinski definition) is 0. The first kappa shape index (κ1) is 14.2. The van der Waals surface area contributed by atoms with Crippen molar-refractivity contribution in [1.82, 2.24) is 4.90 Å². The second kappa shape index (κ2) is 5.40. The lowest BCUT2D eigenvalue weighted by Gasteiger charge is -2.21. The molecule has 1 atom stereocenters. The Hall–Kier alpha value is -0.240. The number of thiophene rings is 1. The number of Topliss-reactive ketones (excluding diaryl/α,β-unsaturated/α-hetero) is 1. The van der Waals surface area contributed by atoms with E-state index in [1.807, 2.05) is 23.4 Å². The molecule has 2 rings (SSSR count). The average molecular weight is 352 g/mol. The van der Waals surface area contributed by atoms with Crippen molar-refractivity contribution in [3.8, 4) is 0 Å². The zero-order valence-electron chi connectivity index (χ0n) is 9.93. The minimum absolute atomic E-state index is 0.0299. The molecule has 0 aromatic carbocycles. The van der Waals surface area contributed by atoms with Crippen molar-refractivity contribution < 1.29 is 13.2 Å². The summed E-state index contributed by atoms with van der Waals surface area (Å²) in [6, 6.07) is 1.82. The Morgan fingerprint density at radius 2 is 2.33 bits per heavy atom. The van der Waals surface area contributed by atoms with Gasteiger partial charge in [0.2, 0.25) is 0 Å². The monoisotopic (exact) mass is 351 g/mol. The maximum atomic E-state index is 12.0. The van der Waals surface area contributed by atoms with Gasteiger partial charge in [-0.05, 0) is 40.8 Å². The number of ketones is 1. The van der Waals surface area contributed by atoms with Crippen molar-refractivity contribution in [2.24, 2.45) is 0 Å². The number of carbonyl (C=O) groups excluding carboxylic acids is 1. The summed E-state index contributed by atoms with van der Waals surface area (Å²) in [5.74, 6) is 0.435. The number of rotatable bonds is 4. The SMILES string of the molecule is CN(CC(=O)c1sccc1Br)C1CCS(=O)(=O)C1. The third-order valence-electron chi connectivity index (χ3n) is 3.10. The first-order valence-corrected chi connectivity index (χ1v) is 9.05. The molecular formula is C11H14BrNO3S2. The fourth-order valence-electron chi connectivity index (χ4n) is 2.04.